The van der Waals surface area contributed by atoms with E-state index in [0.29, 0.717) is 5.02 Å². The molecule has 1 heterocycles. The standard InChI is InChI=1S/C7H10ClN3O3S/c8-5-3-6(11-4-5)7(12)10-1-2-15(9,13)14/h3-4,11H,1-2H2,(H,10,12)(H2,9,13,14). The van der Waals surface area contributed by atoms with Crippen molar-refractivity contribution >= 4 is 27.5 Å². The van der Waals surface area contributed by atoms with Gasteiger partial charge in [0.1, 0.15) is 5.69 Å². The molecule has 84 valence electrons. The summed E-state index contributed by atoms with van der Waals surface area (Å²) in [5.74, 6) is -0.724. The molecule has 1 aromatic heterocycles. The monoisotopic (exact) mass is 251 g/mol. The molecule has 6 nitrogen and oxygen atoms in total. The second kappa shape index (κ2) is 4.65. The highest BCUT2D eigenvalue weighted by Gasteiger charge is 2.08. The Morgan fingerprint density at radius 2 is 2.27 bits per heavy atom. The molecule has 0 radical (unpaired) electrons. The molecule has 1 aromatic rings. The minimum absolute atomic E-state index is 0.0334. The fraction of sp³-hybridized carbons (Fsp3) is 0.286. The Morgan fingerprint density at radius 3 is 2.73 bits per heavy atom. The Balaban J connectivity index is 2.44. The van der Waals surface area contributed by atoms with Crippen LogP contribution >= 0.6 is 11.6 Å². The average Bonchev–Trinajstić information content (AvgIpc) is 2.49. The summed E-state index contributed by atoms with van der Waals surface area (Å²) in [4.78, 5) is 13.9. The second-order valence-corrected chi connectivity index (χ2v) is 5.02. The Bertz CT molecular complexity index is 454. The van der Waals surface area contributed by atoms with Crippen molar-refractivity contribution in [2.75, 3.05) is 12.3 Å². The quantitative estimate of drug-likeness (QED) is 0.683. The molecular formula is C7H10ClN3O3S. The van der Waals surface area contributed by atoms with Crippen molar-refractivity contribution in [3.05, 3.63) is 23.0 Å². The predicted octanol–water partition coefficient (Wildman–Crippen LogP) is -0.314. The zero-order valence-corrected chi connectivity index (χ0v) is 9.23. The first-order valence-corrected chi connectivity index (χ1v) is 6.10. The lowest BCUT2D eigenvalue weighted by molar-refractivity contribution is 0.0952. The summed E-state index contributed by atoms with van der Waals surface area (Å²) in [5.41, 5.74) is 0.273. The molecule has 15 heavy (non-hydrogen) atoms. The van der Waals surface area contributed by atoms with Gasteiger partial charge in [0.05, 0.1) is 10.8 Å². The van der Waals surface area contributed by atoms with E-state index in [1.54, 1.807) is 0 Å². The minimum atomic E-state index is -3.55. The first kappa shape index (κ1) is 12.0. The van der Waals surface area contributed by atoms with Gasteiger partial charge in [-0.3, -0.25) is 4.79 Å². The molecule has 0 aliphatic rings. The highest BCUT2D eigenvalue weighted by atomic mass is 35.5. The number of nitrogens with two attached hydrogens (primary N) is 1. The SMILES string of the molecule is NS(=O)(=O)CCNC(=O)c1cc(Cl)c[nH]1. The summed E-state index contributed by atoms with van der Waals surface area (Å²) in [6, 6.07) is 1.44. The van der Waals surface area contributed by atoms with Gasteiger partial charge in [-0.2, -0.15) is 0 Å². The topological polar surface area (TPSA) is 105 Å². The summed E-state index contributed by atoms with van der Waals surface area (Å²) in [6.07, 6.45) is 1.45. The zero-order chi connectivity index (χ0) is 11.5. The van der Waals surface area contributed by atoms with Gasteiger partial charge >= 0.3 is 0 Å². The Labute approximate surface area is 91.9 Å². The summed E-state index contributed by atoms with van der Waals surface area (Å²) < 4.78 is 21.1. The molecule has 0 aromatic carbocycles. The molecule has 0 atom stereocenters. The molecule has 4 N–H and O–H groups in total. The Hall–Kier alpha value is -1.05. The molecular weight excluding hydrogens is 242 g/mol. The van der Waals surface area contributed by atoms with Crippen LogP contribution in [0.5, 0.6) is 0 Å². The molecule has 0 aliphatic heterocycles. The number of aromatic amines is 1. The lowest BCUT2D eigenvalue weighted by Gasteiger charge is -2.01. The summed E-state index contributed by atoms with van der Waals surface area (Å²) in [5, 5.41) is 7.55. The number of carbonyl (C=O) groups is 1. The number of halogens is 1. The largest absolute Gasteiger partial charge is 0.356 e. The molecule has 0 bridgehead atoms. The van der Waals surface area contributed by atoms with E-state index in [4.69, 9.17) is 16.7 Å². The molecule has 0 unspecified atom stereocenters. The summed E-state index contributed by atoms with van der Waals surface area (Å²) >= 11 is 5.58. The fourth-order valence-corrected chi connectivity index (χ4v) is 1.45. The molecule has 0 fully saturated rings. The van der Waals surface area contributed by atoms with Crippen LogP contribution in [0.25, 0.3) is 0 Å². The third kappa shape index (κ3) is 4.32. The van der Waals surface area contributed by atoms with Crippen LogP contribution in [0.15, 0.2) is 12.3 Å². The average molecular weight is 252 g/mol. The zero-order valence-electron chi connectivity index (χ0n) is 7.66. The van der Waals surface area contributed by atoms with Crippen LogP contribution in [0, 0.1) is 0 Å². The molecule has 8 heteroatoms. The molecule has 1 amide bonds. The van der Waals surface area contributed by atoms with Crippen molar-refractivity contribution in [2.45, 2.75) is 0 Å². The number of primary sulfonamides is 1. The van der Waals surface area contributed by atoms with Crippen LogP contribution in [-0.4, -0.2) is 31.6 Å². The Kier molecular flexibility index (Phi) is 3.72. The highest BCUT2D eigenvalue weighted by molar-refractivity contribution is 7.89. The van der Waals surface area contributed by atoms with Crippen molar-refractivity contribution in [1.82, 2.24) is 10.3 Å². The van der Waals surface area contributed by atoms with Gasteiger partial charge < -0.3 is 10.3 Å². The van der Waals surface area contributed by atoms with Crippen molar-refractivity contribution in [3.8, 4) is 0 Å². The number of H-pyrrole nitrogens is 1. The number of hydrogen-bond acceptors (Lipinski definition) is 3. The lowest BCUT2D eigenvalue weighted by atomic mass is 10.4. The van der Waals surface area contributed by atoms with Gasteiger partial charge in [0.15, 0.2) is 0 Å². The number of aromatic nitrogens is 1. The minimum Gasteiger partial charge on any atom is -0.356 e. The maximum absolute atomic E-state index is 11.3. The van der Waals surface area contributed by atoms with Crippen LogP contribution in [0.1, 0.15) is 10.5 Å². The van der Waals surface area contributed by atoms with Crippen LogP contribution in [0.3, 0.4) is 0 Å². The van der Waals surface area contributed by atoms with E-state index in [9.17, 15) is 13.2 Å². The number of rotatable bonds is 4. The number of hydrogen-bond donors (Lipinski definition) is 3. The number of nitrogens with one attached hydrogen (secondary N) is 2. The fourth-order valence-electron chi connectivity index (χ4n) is 0.901. The molecule has 0 aliphatic carbocycles. The smallest absolute Gasteiger partial charge is 0.267 e. The third-order valence-corrected chi connectivity index (χ3v) is 2.56. The number of sulfonamides is 1. The predicted molar refractivity (Wildman–Crippen MR) is 56.1 cm³/mol. The second-order valence-electron chi connectivity index (χ2n) is 2.85. The third-order valence-electron chi connectivity index (χ3n) is 1.56. The first-order valence-electron chi connectivity index (χ1n) is 4.01. The highest BCUT2D eigenvalue weighted by Crippen LogP contribution is 2.08. The van der Waals surface area contributed by atoms with E-state index in [2.05, 4.69) is 10.3 Å². The van der Waals surface area contributed by atoms with Gasteiger partial charge in [0, 0.05) is 12.7 Å². The normalized spacial score (nSPS) is 11.3. The Morgan fingerprint density at radius 1 is 1.60 bits per heavy atom. The van der Waals surface area contributed by atoms with E-state index in [0.717, 1.165) is 0 Å². The molecule has 0 saturated carbocycles. The van der Waals surface area contributed by atoms with Crippen molar-refractivity contribution in [3.63, 3.8) is 0 Å². The van der Waals surface area contributed by atoms with Gasteiger partial charge in [-0.05, 0) is 6.07 Å². The summed E-state index contributed by atoms with van der Waals surface area (Å²) in [7, 11) is -3.55. The van der Waals surface area contributed by atoms with Crippen LogP contribution in [0.2, 0.25) is 5.02 Å². The van der Waals surface area contributed by atoms with Gasteiger partial charge in [-0.1, -0.05) is 11.6 Å². The van der Waals surface area contributed by atoms with Gasteiger partial charge in [0.25, 0.3) is 5.91 Å². The van der Waals surface area contributed by atoms with Gasteiger partial charge in [-0.15, -0.1) is 0 Å². The van der Waals surface area contributed by atoms with Crippen LogP contribution < -0.4 is 10.5 Å². The molecule has 0 saturated heterocycles. The van der Waals surface area contributed by atoms with E-state index in [1.807, 2.05) is 0 Å². The maximum atomic E-state index is 11.3. The van der Waals surface area contributed by atoms with Crippen molar-refractivity contribution in [2.24, 2.45) is 5.14 Å². The molecule has 1 rings (SSSR count). The van der Waals surface area contributed by atoms with Crippen LogP contribution in [-0.2, 0) is 10.0 Å². The maximum Gasteiger partial charge on any atom is 0.267 e. The van der Waals surface area contributed by atoms with Crippen molar-refractivity contribution in [1.29, 1.82) is 0 Å². The van der Waals surface area contributed by atoms with Gasteiger partial charge in [-0.25, -0.2) is 13.6 Å². The van der Waals surface area contributed by atoms with E-state index >= 15 is 0 Å². The lowest BCUT2D eigenvalue weighted by Crippen LogP contribution is -2.31. The van der Waals surface area contributed by atoms with E-state index in [-0.39, 0.29) is 18.0 Å². The number of carbonyl (C=O) groups excluding carboxylic acids is 1. The summed E-state index contributed by atoms with van der Waals surface area (Å²) in [6.45, 7) is -0.0334. The van der Waals surface area contributed by atoms with E-state index in [1.165, 1.54) is 12.3 Å². The van der Waals surface area contributed by atoms with Crippen LogP contribution in [0.4, 0.5) is 0 Å². The van der Waals surface area contributed by atoms with Gasteiger partial charge in [0.2, 0.25) is 10.0 Å². The van der Waals surface area contributed by atoms with E-state index < -0.39 is 15.9 Å². The first-order chi connectivity index (χ1) is 6.88. The molecule has 0 spiro atoms. The van der Waals surface area contributed by atoms with Crippen molar-refractivity contribution < 1.29 is 13.2 Å². The number of amides is 1.